The molecule has 0 aliphatic carbocycles. The van der Waals surface area contributed by atoms with Gasteiger partial charge in [-0.2, -0.15) is 10.1 Å². The second-order valence-electron chi connectivity index (χ2n) is 6.30. The molecular formula is C18H21N5O2. The van der Waals surface area contributed by atoms with Crippen LogP contribution in [-0.2, 0) is 17.8 Å². The molecule has 25 heavy (non-hydrogen) atoms. The number of hydrogen-bond acceptors (Lipinski definition) is 6. The molecule has 1 atom stereocenters. The van der Waals surface area contributed by atoms with Crippen LogP contribution >= 0.6 is 0 Å². The fraction of sp³-hybridized carbons (Fsp3) is 0.389. The van der Waals surface area contributed by atoms with Crippen LogP contribution in [0.3, 0.4) is 0 Å². The van der Waals surface area contributed by atoms with Crippen molar-refractivity contribution in [3.05, 3.63) is 60.0 Å². The Morgan fingerprint density at radius 3 is 2.96 bits per heavy atom. The van der Waals surface area contributed by atoms with Crippen LogP contribution < -0.4 is 0 Å². The Morgan fingerprint density at radius 1 is 1.24 bits per heavy atom. The first kappa shape index (κ1) is 16.0. The van der Waals surface area contributed by atoms with Gasteiger partial charge in [0.25, 0.3) is 5.89 Å². The Morgan fingerprint density at radius 2 is 2.16 bits per heavy atom. The Kier molecular flexibility index (Phi) is 4.58. The van der Waals surface area contributed by atoms with Gasteiger partial charge in [0.15, 0.2) is 5.82 Å². The van der Waals surface area contributed by atoms with Gasteiger partial charge in [0.1, 0.15) is 6.10 Å². The van der Waals surface area contributed by atoms with Gasteiger partial charge in [-0.05, 0) is 37.6 Å². The number of aromatic nitrogens is 4. The van der Waals surface area contributed by atoms with E-state index in [-0.39, 0.29) is 6.10 Å². The highest BCUT2D eigenvalue weighted by Gasteiger charge is 2.24. The topological polar surface area (TPSA) is 69.2 Å². The van der Waals surface area contributed by atoms with E-state index in [1.807, 2.05) is 36.1 Å². The highest BCUT2D eigenvalue weighted by atomic mass is 16.5. The van der Waals surface area contributed by atoms with Crippen molar-refractivity contribution in [3.63, 3.8) is 0 Å². The molecule has 0 N–H and O–H groups in total. The first-order valence-corrected chi connectivity index (χ1v) is 8.50. The van der Waals surface area contributed by atoms with Gasteiger partial charge in [-0.3, -0.25) is 4.90 Å². The van der Waals surface area contributed by atoms with Gasteiger partial charge < -0.3 is 9.26 Å². The summed E-state index contributed by atoms with van der Waals surface area (Å²) in [7, 11) is 2.04. The molecule has 3 heterocycles. The van der Waals surface area contributed by atoms with Crippen molar-refractivity contribution < 1.29 is 9.26 Å². The predicted octanol–water partition coefficient (Wildman–Crippen LogP) is 2.74. The first-order chi connectivity index (χ1) is 12.3. The monoisotopic (exact) mass is 339 g/mol. The lowest BCUT2D eigenvalue weighted by atomic mass is 10.1. The molecule has 7 heteroatoms. The zero-order valence-electron chi connectivity index (χ0n) is 14.2. The van der Waals surface area contributed by atoms with Gasteiger partial charge in [-0.15, -0.1) is 0 Å². The largest absolute Gasteiger partial charge is 0.368 e. The SMILES string of the molecule is CN(Cc1noc(C2CCCO2)n1)Cc1ccccc1-n1cccn1. The molecule has 1 unspecified atom stereocenters. The summed E-state index contributed by atoms with van der Waals surface area (Å²) in [5, 5.41) is 8.42. The summed E-state index contributed by atoms with van der Waals surface area (Å²) in [5.41, 5.74) is 2.27. The molecule has 130 valence electrons. The van der Waals surface area contributed by atoms with Crippen molar-refractivity contribution in [2.75, 3.05) is 13.7 Å². The Bertz CT molecular complexity index is 809. The zero-order valence-corrected chi connectivity index (χ0v) is 14.2. The molecule has 0 spiro atoms. The third kappa shape index (κ3) is 3.62. The van der Waals surface area contributed by atoms with Crippen molar-refractivity contribution >= 4 is 0 Å². The maximum absolute atomic E-state index is 5.59. The van der Waals surface area contributed by atoms with Gasteiger partial charge in [0.2, 0.25) is 0 Å². The Hall–Kier alpha value is -2.51. The highest BCUT2D eigenvalue weighted by Crippen LogP contribution is 2.27. The van der Waals surface area contributed by atoms with Crippen molar-refractivity contribution in [1.29, 1.82) is 0 Å². The lowest BCUT2D eigenvalue weighted by Crippen LogP contribution is -2.19. The fourth-order valence-electron chi connectivity index (χ4n) is 3.10. The van der Waals surface area contributed by atoms with Gasteiger partial charge in [-0.25, -0.2) is 4.68 Å². The van der Waals surface area contributed by atoms with Crippen LogP contribution in [0.1, 0.15) is 36.2 Å². The minimum Gasteiger partial charge on any atom is -0.368 e. The maximum atomic E-state index is 5.59. The smallest absolute Gasteiger partial charge is 0.255 e. The molecule has 1 fully saturated rings. The lowest BCUT2D eigenvalue weighted by molar-refractivity contribution is 0.0835. The lowest BCUT2D eigenvalue weighted by Gasteiger charge is -2.17. The van der Waals surface area contributed by atoms with Crippen LogP contribution in [0.15, 0.2) is 47.2 Å². The van der Waals surface area contributed by atoms with Crippen molar-refractivity contribution in [3.8, 4) is 5.69 Å². The molecule has 2 aromatic heterocycles. The number of nitrogens with zero attached hydrogens (tertiary/aromatic N) is 5. The third-order valence-electron chi connectivity index (χ3n) is 4.28. The van der Waals surface area contributed by atoms with E-state index in [0.717, 1.165) is 31.7 Å². The van der Waals surface area contributed by atoms with E-state index in [0.29, 0.717) is 18.3 Å². The summed E-state index contributed by atoms with van der Waals surface area (Å²) in [6.45, 7) is 2.15. The van der Waals surface area contributed by atoms with Crippen LogP contribution in [0.25, 0.3) is 5.69 Å². The second kappa shape index (κ2) is 7.16. The number of rotatable bonds is 6. The average molecular weight is 339 g/mol. The zero-order chi connectivity index (χ0) is 17.1. The highest BCUT2D eigenvalue weighted by molar-refractivity contribution is 5.40. The molecule has 0 radical (unpaired) electrons. The van der Waals surface area contributed by atoms with E-state index in [1.54, 1.807) is 6.20 Å². The van der Waals surface area contributed by atoms with Crippen LogP contribution in [0.2, 0.25) is 0 Å². The number of para-hydroxylation sites is 1. The summed E-state index contributed by atoms with van der Waals surface area (Å²) in [4.78, 5) is 6.64. The Labute approximate surface area is 146 Å². The van der Waals surface area contributed by atoms with Crippen LogP contribution in [0.5, 0.6) is 0 Å². The molecular weight excluding hydrogens is 318 g/mol. The Balaban J connectivity index is 1.43. The standard InChI is InChI=1S/C18H21N5O2/c1-22(13-17-20-18(25-21-17)16-8-4-11-24-16)12-14-6-2-3-7-15(14)23-10-5-9-19-23/h2-3,5-7,9-10,16H,4,8,11-13H2,1H3. The minimum atomic E-state index is -0.0351. The quantitative estimate of drug-likeness (QED) is 0.688. The van der Waals surface area contributed by atoms with Gasteiger partial charge >= 0.3 is 0 Å². The molecule has 7 nitrogen and oxygen atoms in total. The number of benzene rings is 1. The molecule has 1 aliphatic heterocycles. The molecule has 4 rings (SSSR count). The van der Waals surface area contributed by atoms with Gasteiger partial charge in [-0.1, -0.05) is 23.4 Å². The fourth-order valence-corrected chi connectivity index (χ4v) is 3.10. The van der Waals surface area contributed by atoms with E-state index < -0.39 is 0 Å². The summed E-state index contributed by atoms with van der Waals surface area (Å²) in [6, 6.07) is 10.2. The predicted molar refractivity (Wildman–Crippen MR) is 91.0 cm³/mol. The van der Waals surface area contributed by atoms with E-state index in [1.165, 1.54) is 5.56 Å². The summed E-state index contributed by atoms with van der Waals surface area (Å²) in [5.74, 6) is 1.28. The normalized spacial score (nSPS) is 17.4. The molecule has 0 bridgehead atoms. The average Bonchev–Trinajstić information content (AvgIpc) is 3.37. The van der Waals surface area contributed by atoms with Crippen LogP contribution in [0, 0.1) is 0 Å². The first-order valence-electron chi connectivity index (χ1n) is 8.50. The minimum absolute atomic E-state index is 0.0351. The third-order valence-corrected chi connectivity index (χ3v) is 4.28. The number of hydrogen-bond donors (Lipinski definition) is 0. The summed E-state index contributed by atoms with van der Waals surface area (Å²) < 4.78 is 12.8. The van der Waals surface area contributed by atoms with Crippen molar-refractivity contribution in [2.24, 2.45) is 0 Å². The molecule has 1 aliphatic rings. The van der Waals surface area contributed by atoms with E-state index in [2.05, 4.69) is 32.3 Å². The van der Waals surface area contributed by atoms with Gasteiger partial charge in [0.05, 0.1) is 12.2 Å². The summed E-state index contributed by atoms with van der Waals surface area (Å²) >= 11 is 0. The van der Waals surface area contributed by atoms with Crippen LogP contribution in [0.4, 0.5) is 0 Å². The maximum Gasteiger partial charge on any atom is 0.255 e. The van der Waals surface area contributed by atoms with Crippen LogP contribution in [-0.4, -0.2) is 38.5 Å². The number of ether oxygens (including phenoxy) is 1. The van der Waals surface area contributed by atoms with Crippen molar-refractivity contribution in [2.45, 2.75) is 32.0 Å². The molecule has 1 aromatic carbocycles. The van der Waals surface area contributed by atoms with Gasteiger partial charge in [0, 0.05) is 25.5 Å². The van der Waals surface area contributed by atoms with E-state index >= 15 is 0 Å². The van der Waals surface area contributed by atoms with E-state index in [9.17, 15) is 0 Å². The molecule has 3 aromatic rings. The van der Waals surface area contributed by atoms with E-state index in [4.69, 9.17) is 9.26 Å². The molecule has 0 amide bonds. The molecule has 0 saturated carbocycles. The second-order valence-corrected chi connectivity index (χ2v) is 6.30. The van der Waals surface area contributed by atoms with Crippen molar-refractivity contribution in [1.82, 2.24) is 24.8 Å². The summed E-state index contributed by atoms with van der Waals surface area (Å²) in [6.07, 6.45) is 5.70. The molecule has 1 saturated heterocycles.